The number of rotatable bonds is 7. The zero-order chi connectivity index (χ0) is 15.3. The minimum atomic E-state index is -3.59. The molecule has 0 aromatic carbocycles. The second-order valence-corrected chi connectivity index (χ2v) is 6.64. The van der Waals surface area contributed by atoms with Crippen molar-refractivity contribution in [2.24, 2.45) is 0 Å². The number of anilines is 1. The number of unbranched alkanes of at least 4 members (excludes halogenated alkanes) is 1. The van der Waals surface area contributed by atoms with E-state index in [9.17, 15) is 13.2 Å². The predicted octanol–water partition coefficient (Wildman–Crippen LogP) is 1.01. The number of sulfonamides is 1. The first-order valence-corrected chi connectivity index (χ1v) is 8.25. The van der Waals surface area contributed by atoms with Crippen molar-refractivity contribution in [3.63, 3.8) is 0 Å². The van der Waals surface area contributed by atoms with Gasteiger partial charge in [0.2, 0.25) is 15.9 Å². The van der Waals surface area contributed by atoms with Crippen molar-refractivity contribution in [2.75, 3.05) is 30.7 Å². The maximum Gasteiger partial charge on any atom is 0.243 e. The van der Waals surface area contributed by atoms with Crippen LogP contribution in [0.5, 0.6) is 0 Å². The molecule has 0 saturated carbocycles. The first-order valence-electron chi connectivity index (χ1n) is 6.40. The Balaban J connectivity index is 2.84. The molecule has 0 unspecified atom stereocenters. The summed E-state index contributed by atoms with van der Waals surface area (Å²) in [7, 11) is -1.93. The van der Waals surface area contributed by atoms with Gasteiger partial charge >= 0.3 is 0 Å². The van der Waals surface area contributed by atoms with Crippen molar-refractivity contribution in [2.45, 2.75) is 26.7 Å². The van der Waals surface area contributed by atoms with E-state index in [1.807, 2.05) is 6.92 Å². The average molecular weight is 303 g/mol. The van der Waals surface area contributed by atoms with Gasteiger partial charge in [0.05, 0.1) is 6.26 Å². The van der Waals surface area contributed by atoms with Crippen molar-refractivity contribution in [1.29, 1.82) is 0 Å². The normalized spacial score (nSPS) is 11.4. The van der Waals surface area contributed by atoms with Gasteiger partial charge in [0.1, 0.15) is 12.3 Å². The van der Waals surface area contributed by atoms with E-state index in [2.05, 4.69) is 5.16 Å². The Bertz CT molecular complexity index is 553. The van der Waals surface area contributed by atoms with E-state index in [0.29, 0.717) is 12.3 Å². The summed E-state index contributed by atoms with van der Waals surface area (Å²) < 4.78 is 29.4. The largest absolute Gasteiger partial charge is 0.360 e. The van der Waals surface area contributed by atoms with E-state index < -0.39 is 10.0 Å². The van der Waals surface area contributed by atoms with Crippen LogP contribution in [0.25, 0.3) is 0 Å². The van der Waals surface area contributed by atoms with Gasteiger partial charge in [-0.3, -0.25) is 4.79 Å². The van der Waals surface area contributed by atoms with Crippen LogP contribution in [0.1, 0.15) is 25.5 Å². The molecule has 1 rings (SSSR count). The molecule has 0 saturated heterocycles. The third kappa shape index (κ3) is 4.52. The fourth-order valence-corrected chi connectivity index (χ4v) is 2.37. The topological polar surface area (TPSA) is 83.7 Å². The Labute approximate surface area is 119 Å². The molecule has 0 atom stereocenters. The second kappa shape index (κ2) is 6.74. The summed E-state index contributed by atoms with van der Waals surface area (Å²) in [6.07, 6.45) is 2.89. The molecular formula is C12H21N3O4S. The Kier molecular flexibility index (Phi) is 5.55. The molecule has 0 aliphatic rings. The van der Waals surface area contributed by atoms with E-state index in [1.54, 1.807) is 14.0 Å². The highest BCUT2D eigenvalue weighted by Crippen LogP contribution is 2.17. The molecule has 1 aromatic rings. The van der Waals surface area contributed by atoms with Crippen molar-refractivity contribution in [1.82, 2.24) is 10.1 Å². The van der Waals surface area contributed by atoms with Gasteiger partial charge in [-0.2, -0.15) is 0 Å². The first-order chi connectivity index (χ1) is 9.25. The lowest BCUT2D eigenvalue weighted by atomic mass is 10.3. The van der Waals surface area contributed by atoms with Gasteiger partial charge < -0.3 is 9.42 Å². The van der Waals surface area contributed by atoms with E-state index in [0.717, 1.165) is 23.4 Å². The molecule has 8 heteroatoms. The van der Waals surface area contributed by atoms with Crippen LogP contribution in [-0.2, 0) is 14.8 Å². The van der Waals surface area contributed by atoms with E-state index in [1.165, 1.54) is 11.0 Å². The summed E-state index contributed by atoms with van der Waals surface area (Å²) in [5, 5.41) is 3.66. The molecule has 20 heavy (non-hydrogen) atoms. The van der Waals surface area contributed by atoms with E-state index in [4.69, 9.17) is 4.52 Å². The molecule has 1 aromatic heterocycles. The Hall–Kier alpha value is -1.57. The van der Waals surface area contributed by atoms with Crippen LogP contribution in [0.15, 0.2) is 10.6 Å². The van der Waals surface area contributed by atoms with Crippen LogP contribution in [0, 0.1) is 6.92 Å². The van der Waals surface area contributed by atoms with Gasteiger partial charge in [0.25, 0.3) is 0 Å². The van der Waals surface area contributed by atoms with Crippen LogP contribution in [0.2, 0.25) is 0 Å². The van der Waals surface area contributed by atoms with Crippen LogP contribution < -0.4 is 4.31 Å². The Morgan fingerprint density at radius 3 is 2.55 bits per heavy atom. The molecule has 0 spiro atoms. The molecule has 7 nitrogen and oxygen atoms in total. The fourth-order valence-electron chi connectivity index (χ4n) is 1.60. The summed E-state index contributed by atoms with van der Waals surface area (Å²) >= 11 is 0. The van der Waals surface area contributed by atoms with Crippen molar-refractivity contribution < 1.29 is 17.7 Å². The number of aromatic nitrogens is 1. The number of hydrogen-bond donors (Lipinski definition) is 0. The Morgan fingerprint density at radius 1 is 1.45 bits per heavy atom. The SMILES string of the molecule is CCCCN(C)C(=O)CN(c1cc(C)on1)S(C)(=O)=O. The van der Waals surface area contributed by atoms with Crippen molar-refractivity contribution >= 4 is 21.7 Å². The van der Waals surface area contributed by atoms with Gasteiger partial charge in [0.15, 0.2) is 5.82 Å². The number of likely N-dealkylation sites (N-methyl/N-ethyl adjacent to an activating group) is 1. The van der Waals surface area contributed by atoms with Crippen molar-refractivity contribution in [3.05, 3.63) is 11.8 Å². The number of amides is 1. The van der Waals surface area contributed by atoms with E-state index >= 15 is 0 Å². The summed E-state index contributed by atoms with van der Waals surface area (Å²) in [4.78, 5) is 13.6. The van der Waals surface area contributed by atoms with E-state index in [-0.39, 0.29) is 18.3 Å². The fraction of sp³-hybridized carbons (Fsp3) is 0.667. The number of hydrogen-bond acceptors (Lipinski definition) is 5. The maximum absolute atomic E-state index is 12.0. The van der Waals surface area contributed by atoms with Crippen LogP contribution in [0.3, 0.4) is 0 Å². The lowest BCUT2D eigenvalue weighted by Crippen LogP contribution is -2.41. The summed E-state index contributed by atoms with van der Waals surface area (Å²) in [6.45, 7) is 4.02. The quantitative estimate of drug-likeness (QED) is 0.750. The lowest BCUT2D eigenvalue weighted by molar-refractivity contribution is -0.128. The maximum atomic E-state index is 12.0. The van der Waals surface area contributed by atoms with Crippen LogP contribution >= 0.6 is 0 Å². The number of carbonyl (C=O) groups is 1. The zero-order valence-corrected chi connectivity index (χ0v) is 13.1. The monoisotopic (exact) mass is 303 g/mol. The highest BCUT2D eigenvalue weighted by Gasteiger charge is 2.25. The highest BCUT2D eigenvalue weighted by atomic mass is 32.2. The zero-order valence-electron chi connectivity index (χ0n) is 12.3. The summed E-state index contributed by atoms with van der Waals surface area (Å²) in [5.41, 5.74) is 0. The van der Waals surface area contributed by atoms with Gasteiger partial charge in [-0.1, -0.05) is 18.5 Å². The Morgan fingerprint density at radius 2 is 2.10 bits per heavy atom. The smallest absolute Gasteiger partial charge is 0.243 e. The standard InChI is InChI=1S/C12H21N3O4S/c1-5-6-7-14(3)12(16)9-15(20(4,17)18)11-8-10(2)19-13-11/h8H,5-7,9H2,1-4H3. The molecule has 0 bridgehead atoms. The lowest BCUT2D eigenvalue weighted by Gasteiger charge is -2.22. The predicted molar refractivity (Wildman–Crippen MR) is 76.0 cm³/mol. The summed E-state index contributed by atoms with van der Waals surface area (Å²) in [5.74, 6) is 0.340. The molecule has 0 radical (unpaired) electrons. The molecule has 114 valence electrons. The minimum Gasteiger partial charge on any atom is -0.360 e. The third-order valence-corrected chi connectivity index (χ3v) is 3.94. The molecular weight excluding hydrogens is 282 g/mol. The molecule has 0 aliphatic carbocycles. The van der Waals surface area contributed by atoms with Gasteiger partial charge in [0, 0.05) is 19.7 Å². The first kappa shape index (κ1) is 16.5. The minimum absolute atomic E-state index is 0.127. The van der Waals surface area contributed by atoms with Gasteiger partial charge in [-0.25, -0.2) is 12.7 Å². The van der Waals surface area contributed by atoms with Crippen LogP contribution in [0.4, 0.5) is 5.82 Å². The second-order valence-electron chi connectivity index (χ2n) is 4.73. The third-order valence-electron chi connectivity index (χ3n) is 2.82. The molecule has 0 aliphatic heterocycles. The van der Waals surface area contributed by atoms with Gasteiger partial charge in [-0.15, -0.1) is 0 Å². The average Bonchev–Trinajstić information content (AvgIpc) is 2.77. The molecule has 1 amide bonds. The molecule has 1 heterocycles. The number of nitrogens with zero attached hydrogens (tertiary/aromatic N) is 3. The highest BCUT2D eigenvalue weighted by molar-refractivity contribution is 7.92. The van der Waals surface area contributed by atoms with Crippen molar-refractivity contribution in [3.8, 4) is 0 Å². The number of carbonyl (C=O) groups excluding carboxylic acids is 1. The molecule has 0 N–H and O–H groups in total. The van der Waals surface area contributed by atoms with Crippen LogP contribution in [-0.4, -0.2) is 50.8 Å². The van der Waals surface area contributed by atoms with Gasteiger partial charge in [-0.05, 0) is 13.3 Å². The number of aryl methyl sites for hydroxylation is 1. The summed E-state index contributed by atoms with van der Waals surface area (Å²) in [6, 6.07) is 1.49. The molecule has 0 fully saturated rings.